The zero-order valence-electron chi connectivity index (χ0n) is 18.5. The minimum absolute atomic E-state index is 0.247. The van der Waals surface area contributed by atoms with Crippen LogP contribution in [0.5, 0.6) is 0 Å². The molecule has 1 saturated heterocycles. The van der Waals surface area contributed by atoms with Gasteiger partial charge in [0.1, 0.15) is 23.0 Å². The van der Waals surface area contributed by atoms with Crippen LogP contribution in [-0.2, 0) is 15.9 Å². The average Bonchev–Trinajstić information content (AvgIpc) is 2.88. The summed E-state index contributed by atoms with van der Waals surface area (Å²) in [4.78, 5) is 15.7. The summed E-state index contributed by atoms with van der Waals surface area (Å²) in [5, 5.41) is 0. The van der Waals surface area contributed by atoms with Gasteiger partial charge in [-0.05, 0) is 70.9 Å². The molecule has 1 heterocycles. The van der Waals surface area contributed by atoms with Gasteiger partial charge in [-0.3, -0.25) is 4.90 Å². The molecule has 31 heavy (non-hydrogen) atoms. The third kappa shape index (κ3) is 6.20. The molecule has 1 amide bonds. The Kier molecular flexibility index (Phi) is 6.96. The van der Waals surface area contributed by atoms with E-state index >= 15 is 0 Å². The van der Waals surface area contributed by atoms with E-state index in [0.29, 0.717) is 11.3 Å². The molecule has 0 N–H and O–H groups in total. The summed E-state index contributed by atoms with van der Waals surface area (Å²) in [5.74, 6) is -0.714. The van der Waals surface area contributed by atoms with Gasteiger partial charge in [0, 0.05) is 16.7 Å². The molecular weight excluding hydrogens is 420 g/mol. The highest BCUT2D eigenvalue weighted by Crippen LogP contribution is 2.37. The van der Waals surface area contributed by atoms with Crippen LogP contribution in [0.25, 0.3) is 0 Å². The zero-order chi connectivity index (χ0) is 22.8. The summed E-state index contributed by atoms with van der Waals surface area (Å²) >= 11 is 1.61. The number of hydrogen-bond donors (Lipinski definition) is 0. The molecule has 0 aromatic heterocycles. The number of ether oxygens (including phenoxy) is 2. The van der Waals surface area contributed by atoms with Crippen molar-refractivity contribution in [3.8, 4) is 0 Å². The van der Waals surface area contributed by atoms with Crippen LogP contribution in [0, 0.1) is 11.6 Å². The maximum atomic E-state index is 13.8. The van der Waals surface area contributed by atoms with Crippen molar-refractivity contribution in [2.45, 2.75) is 69.4 Å². The fourth-order valence-corrected chi connectivity index (χ4v) is 4.77. The lowest BCUT2D eigenvalue weighted by Crippen LogP contribution is -2.51. The minimum atomic E-state index is -0.930. The van der Waals surface area contributed by atoms with Crippen LogP contribution in [0.4, 0.5) is 13.6 Å². The van der Waals surface area contributed by atoms with Gasteiger partial charge >= 0.3 is 6.09 Å². The third-order valence-corrected chi connectivity index (χ3v) is 6.00. The van der Waals surface area contributed by atoms with E-state index in [2.05, 4.69) is 0 Å². The molecule has 0 bridgehead atoms. The molecule has 3 rings (SSSR count). The van der Waals surface area contributed by atoms with Crippen LogP contribution in [0.3, 0.4) is 0 Å². The molecule has 2 atom stereocenters. The average molecular weight is 450 g/mol. The maximum Gasteiger partial charge on any atom is 0.412 e. The van der Waals surface area contributed by atoms with Gasteiger partial charge in [0.25, 0.3) is 0 Å². The Morgan fingerprint density at radius 1 is 1.13 bits per heavy atom. The van der Waals surface area contributed by atoms with E-state index < -0.39 is 35.1 Å². The lowest BCUT2D eigenvalue weighted by Gasteiger charge is -2.35. The zero-order valence-corrected chi connectivity index (χ0v) is 19.3. The Morgan fingerprint density at radius 3 is 2.32 bits per heavy atom. The number of carbonyl (C=O) groups excluding carboxylic acids is 1. The number of rotatable bonds is 5. The number of halogens is 2. The summed E-state index contributed by atoms with van der Waals surface area (Å²) in [7, 11) is 0. The largest absolute Gasteiger partial charge is 0.444 e. The van der Waals surface area contributed by atoms with Gasteiger partial charge in [0.2, 0.25) is 0 Å². The predicted molar refractivity (Wildman–Crippen MR) is 118 cm³/mol. The molecule has 2 unspecified atom stereocenters. The molecule has 7 heteroatoms. The molecule has 168 valence electrons. The first-order chi connectivity index (χ1) is 14.4. The van der Waals surface area contributed by atoms with Gasteiger partial charge < -0.3 is 9.47 Å². The second-order valence-electron chi connectivity index (χ2n) is 9.13. The quantitative estimate of drug-likeness (QED) is 0.522. The van der Waals surface area contributed by atoms with E-state index in [4.69, 9.17) is 9.47 Å². The summed E-state index contributed by atoms with van der Waals surface area (Å²) in [6.07, 6.45) is -0.608. The number of amides is 1. The molecule has 2 aromatic carbocycles. The second-order valence-corrected chi connectivity index (χ2v) is 10.2. The van der Waals surface area contributed by atoms with E-state index in [-0.39, 0.29) is 12.5 Å². The monoisotopic (exact) mass is 449 g/mol. The second kappa shape index (κ2) is 9.17. The Balaban J connectivity index is 1.89. The van der Waals surface area contributed by atoms with Gasteiger partial charge in [-0.2, -0.15) is 0 Å². The van der Waals surface area contributed by atoms with Gasteiger partial charge in [0.05, 0.1) is 12.1 Å². The molecule has 1 aliphatic rings. The number of thioether (sulfide) groups is 1. The van der Waals surface area contributed by atoms with Gasteiger partial charge in [-0.1, -0.05) is 18.2 Å². The van der Waals surface area contributed by atoms with Crippen molar-refractivity contribution in [1.82, 2.24) is 4.90 Å². The molecule has 0 saturated carbocycles. The fourth-order valence-electron chi connectivity index (χ4n) is 3.77. The van der Waals surface area contributed by atoms with Crippen LogP contribution in [-0.4, -0.2) is 40.2 Å². The lowest BCUT2D eigenvalue weighted by molar-refractivity contribution is -0.0749. The highest BCUT2D eigenvalue weighted by molar-refractivity contribution is 7.99. The van der Waals surface area contributed by atoms with Crippen LogP contribution >= 0.6 is 11.8 Å². The summed E-state index contributed by atoms with van der Waals surface area (Å²) in [6.45, 7) is 9.02. The number of benzene rings is 2. The Morgan fingerprint density at radius 2 is 1.74 bits per heavy atom. The van der Waals surface area contributed by atoms with Crippen molar-refractivity contribution in [3.63, 3.8) is 0 Å². The number of hydrogen-bond acceptors (Lipinski definition) is 4. The normalized spacial score (nSPS) is 20.7. The van der Waals surface area contributed by atoms with Crippen LogP contribution in [0.1, 0.15) is 40.2 Å². The Bertz CT molecular complexity index is 895. The van der Waals surface area contributed by atoms with Crippen molar-refractivity contribution in [3.05, 3.63) is 65.7 Å². The summed E-state index contributed by atoms with van der Waals surface area (Å²) < 4.78 is 39.6. The number of nitrogens with zero attached hydrogens (tertiary/aromatic N) is 1. The van der Waals surface area contributed by atoms with Crippen molar-refractivity contribution < 1.29 is 23.0 Å². The van der Waals surface area contributed by atoms with E-state index in [9.17, 15) is 13.6 Å². The fraction of sp³-hybridized carbons (Fsp3) is 0.458. The molecule has 0 aliphatic carbocycles. The van der Waals surface area contributed by atoms with E-state index in [0.717, 1.165) is 11.0 Å². The maximum absolute atomic E-state index is 13.8. The smallest absolute Gasteiger partial charge is 0.412 e. The number of carbonyl (C=O) groups is 1. The van der Waals surface area contributed by atoms with Crippen molar-refractivity contribution in [2.75, 3.05) is 5.75 Å². The van der Waals surface area contributed by atoms with Crippen LogP contribution < -0.4 is 0 Å². The van der Waals surface area contributed by atoms with Crippen molar-refractivity contribution in [1.29, 1.82) is 0 Å². The SMILES string of the molecule is CC(C)(C)OC(=O)N1C(Cc2cc(F)cc(F)c2)C(CSc2ccccc2)OC1(C)C. The first kappa shape index (κ1) is 23.5. The van der Waals surface area contributed by atoms with Crippen LogP contribution in [0.15, 0.2) is 53.4 Å². The molecule has 1 fully saturated rings. The van der Waals surface area contributed by atoms with Crippen LogP contribution in [0.2, 0.25) is 0 Å². The minimum Gasteiger partial charge on any atom is -0.444 e. The molecule has 2 aromatic rings. The van der Waals surface area contributed by atoms with E-state index in [1.165, 1.54) is 12.1 Å². The molecular formula is C24H29F2NO3S. The predicted octanol–water partition coefficient (Wildman–Crippen LogP) is 6.04. The highest BCUT2D eigenvalue weighted by atomic mass is 32.2. The van der Waals surface area contributed by atoms with E-state index in [1.807, 2.05) is 44.2 Å². The van der Waals surface area contributed by atoms with Crippen molar-refractivity contribution >= 4 is 17.9 Å². The first-order valence-corrected chi connectivity index (χ1v) is 11.3. The van der Waals surface area contributed by atoms with Gasteiger partial charge in [-0.15, -0.1) is 11.8 Å². The Labute approximate surface area is 186 Å². The third-order valence-electron chi connectivity index (χ3n) is 4.90. The lowest BCUT2D eigenvalue weighted by atomic mass is 10.0. The molecule has 4 nitrogen and oxygen atoms in total. The standard InChI is InChI=1S/C24H29F2NO3S/c1-23(2,3)30-22(28)27-20(13-16-11-17(25)14-18(26)12-16)21(29-24(27,4)5)15-31-19-9-7-6-8-10-19/h6-12,14,20-21H,13,15H2,1-5H3. The summed E-state index contributed by atoms with van der Waals surface area (Å²) in [5.41, 5.74) is -1.15. The van der Waals surface area contributed by atoms with Crippen molar-refractivity contribution in [2.24, 2.45) is 0 Å². The molecule has 0 radical (unpaired) electrons. The highest BCUT2D eigenvalue weighted by Gasteiger charge is 2.51. The van der Waals surface area contributed by atoms with Gasteiger partial charge in [-0.25, -0.2) is 13.6 Å². The topological polar surface area (TPSA) is 38.8 Å². The first-order valence-electron chi connectivity index (χ1n) is 10.3. The van der Waals surface area contributed by atoms with Gasteiger partial charge in [0.15, 0.2) is 0 Å². The molecule has 1 aliphatic heterocycles. The van der Waals surface area contributed by atoms with E-state index in [1.54, 1.807) is 37.4 Å². The summed E-state index contributed by atoms with van der Waals surface area (Å²) in [6, 6.07) is 12.9. The Hall–Kier alpha value is -2.12. The molecule has 0 spiro atoms.